The van der Waals surface area contributed by atoms with Crippen molar-refractivity contribution in [1.82, 2.24) is 10.2 Å². The van der Waals surface area contributed by atoms with Crippen LogP contribution in [0.1, 0.15) is 19.8 Å². The standard InChI is InChI=1S/C18H30N4O2S.HI/c1-2-19-18(20-12-16(23)14-24-13-15-5-6-15)22-9-7-21(8-10-22)17-4-3-11-25-17;/h3-4,11,15-16,23H,2,5-10,12-14H2,1H3,(H,19,20);1H. The van der Waals surface area contributed by atoms with Crippen LogP contribution in [0, 0.1) is 5.92 Å². The molecule has 6 nitrogen and oxygen atoms in total. The van der Waals surface area contributed by atoms with Crippen LogP contribution in [0.25, 0.3) is 0 Å². The fraction of sp³-hybridized carbons (Fsp3) is 0.722. The Morgan fingerprint density at radius 2 is 2.15 bits per heavy atom. The van der Waals surface area contributed by atoms with E-state index in [2.05, 4.69) is 44.5 Å². The highest BCUT2D eigenvalue weighted by Crippen LogP contribution is 2.28. The Hall–Kier alpha value is -0.580. The molecule has 0 amide bonds. The number of ether oxygens (including phenoxy) is 1. The highest BCUT2D eigenvalue weighted by Gasteiger charge is 2.22. The summed E-state index contributed by atoms with van der Waals surface area (Å²) in [7, 11) is 0. The lowest BCUT2D eigenvalue weighted by Gasteiger charge is -2.37. The number of rotatable bonds is 8. The molecule has 1 atom stereocenters. The molecular formula is C18H31IN4O2S. The van der Waals surface area contributed by atoms with E-state index in [0.29, 0.717) is 13.2 Å². The van der Waals surface area contributed by atoms with Crippen molar-refractivity contribution in [1.29, 1.82) is 0 Å². The summed E-state index contributed by atoms with van der Waals surface area (Å²) < 4.78 is 5.55. The zero-order valence-corrected chi connectivity index (χ0v) is 18.6. The average molecular weight is 494 g/mol. The van der Waals surface area contributed by atoms with Crippen LogP contribution in [0.3, 0.4) is 0 Å². The normalized spacial score (nSPS) is 19.2. The molecule has 2 aliphatic rings. The van der Waals surface area contributed by atoms with Gasteiger partial charge in [-0.05, 0) is 43.2 Å². The van der Waals surface area contributed by atoms with Gasteiger partial charge < -0.3 is 25.0 Å². The number of hydrogen-bond donors (Lipinski definition) is 2. The number of piperazine rings is 1. The SMILES string of the molecule is CCNC(=NCC(O)COCC1CC1)N1CCN(c2cccs2)CC1.I. The summed E-state index contributed by atoms with van der Waals surface area (Å²) >= 11 is 1.79. The number of anilines is 1. The molecule has 0 spiro atoms. The van der Waals surface area contributed by atoms with E-state index in [-0.39, 0.29) is 24.0 Å². The minimum Gasteiger partial charge on any atom is -0.389 e. The maximum absolute atomic E-state index is 10.1. The van der Waals surface area contributed by atoms with Crippen LogP contribution in [-0.2, 0) is 4.74 Å². The van der Waals surface area contributed by atoms with Crippen LogP contribution in [0.4, 0.5) is 5.00 Å². The Kier molecular flexibility index (Phi) is 9.44. The van der Waals surface area contributed by atoms with Crippen molar-refractivity contribution in [2.24, 2.45) is 10.9 Å². The highest BCUT2D eigenvalue weighted by molar-refractivity contribution is 14.0. The third-order valence-corrected chi connectivity index (χ3v) is 5.47. The third kappa shape index (κ3) is 6.86. The van der Waals surface area contributed by atoms with E-state index in [0.717, 1.165) is 51.2 Å². The molecule has 1 unspecified atom stereocenters. The lowest BCUT2D eigenvalue weighted by atomic mass is 10.3. The van der Waals surface area contributed by atoms with E-state index in [9.17, 15) is 5.11 Å². The smallest absolute Gasteiger partial charge is 0.194 e. The van der Waals surface area contributed by atoms with Crippen LogP contribution < -0.4 is 10.2 Å². The van der Waals surface area contributed by atoms with Crippen LogP contribution in [-0.4, -0.2) is 74.6 Å². The van der Waals surface area contributed by atoms with Crippen molar-refractivity contribution in [2.45, 2.75) is 25.9 Å². The molecule has 2 N–H and O–H groups in total. The fourth-order valence-corrected chi connectivity index (χ4v) is 3.70. The Morgan fingerprint density at radius 1 is 1.38 bits per heavy atom. The van der Waals surface area contributed by atoms with E-state index in [1.54, 1.807) is 11.3 Å². The van der Waals surface area contributed by atoms with Crippen LogP contribution in [0.5, 0.6) is 0 Å². The van der Waals surface area contributed by atoms with E-state index < -0.39 is 6.10 Å². The van der Waals surface area contributed by atoms with Crippen molar-refractivity contribution in [2.75, 3.05) is 57.4 Å². The van der Waals surface area contributed by atoms with Gasteiger partial charge in [0, 0.05) is 39.3 Å². The Balaban J connectivity index is 0.00000243. The lowest BCUT2D eigenvalue weighted by molar-refractivity contribution is 0.0367. The van der Waals surface area contributed by atoms with Gasteiger partial charge in [-0.15, -0.1) is 35.3 Å². The molecule has 1 aromatic heterocycles. The van der Waals surface area contributed by atoms with Gasteiger partial charge in [-0.1, -0.05) is 0 Å². The molecule has 3 rings (SSSR count). The van der Waals surface area contributed by atoms with Crippen LogP contribution >= 0.6 is 35.3 Å². The number of aliphatic hydroxyl groups is 1. The Bertz CT molecular complexity index is 531. The van der Waals surface area contributed by atoms with E-state index in [1.807, 2.05) is 0 Å². The highest BCUT2D eigenvalue weighted by atomic mass is 127. The summed E-state index contributed by atoms with van der Waals surface area (Å²) in [5.41, 5.74) is 0. The summed E-state index contributed by atoms with van der Waals surface area (Å²) in [6, 6.07) is 4.28. The quantitative estimate of drug-likeness (QED) is 0.330. The van der Waals surface area contributed by atoms with Gasteiger partial charge in [-0.3, -0.25) is 4.99 Å². The first kappa shape index (κ1) is 21.7. The van der Waals surface area contributed by atoms with Gasteiger partial charge in [0.25, 0.3) is 0 Å². The van der Waals surface area contributed by atoms with Crippen molar-refractivity contribution in [3.05, 3.63) is 17.5 Å². The number of halogens is 1. The molecule has 1 saturated heterocycles. The fourth-order valence-electron chi connectivity index (χ4n) is 2.91. The summed E-state index contributed by atoms with van der Waals surface area (Å²) in [6.07, 6.45) is 2.02. The molecule has 1 saturated carbocycles. The van der Waals surface area contributed by atoms with Crippen molar-refractivity contribution in [3.8, 4) is 0 Å². The van der Waals surface area contributed by atoms with Gasteiger partial charge in [0.15, 0.2) is 5.96 Å². The summed E-state index contributed by atoms with van der Waals surface area (Å²) in [4.78, 5) is 9.33. The number of aliphatic imine (C=N–C) groups is 1. The topological polar surface area (TPSA) is 60.3 Å². The molecule has 8 heteroatoms. The maximum atomic E-state index is 10.1. The van der Waals surface area contributed by atoms with E-state index >= 15 is 0 Å². The largest absolute Gasteiger partial charge is 0.389 e. The molecule has 0 bridgehead atoms. The van der Waals surface area contributed by atoms with Crippen LogP contribution in [0.2, 0.25) is 0 Å². The number of nitrogens with zero attached hydrogens (tertiary/aromatic N) is 3. The first-order valence-corrected chi connectivity index (χ1v) is 10.2. The first-order valence-electron chi connectivity index (χ1n) is 9.33. The summed E-state index contributed by atoms with van der Waals surface area (Å²) in [5.74, 6) is 1.63. The zero-order chi connectivity index (χ0) is 17.5. The van der Waals surface area contributed by atoms with Crippen LogP contribution in [0.15, 0.2) is 22.5 Å². The average Bonchev–Trinajstić information content (AvgIpc) is 3.29. The molecule has 2 fully saturated rings. The minimum atomic E-state index is -0.528. The second kappa shape index (κ2) is 11.3. The van der Waals surface area contributed by atoms with Gasteiger partial charge in [0.2, 0.25) is 0 Å². The molecule has 148 valence electrons. The summed E-state index contributed by atoms with van der Waals surface area (Å²) in [6.45, 7) is 8.34. The molecule has 0 aromatic carbocycles. The monoisotopic (exact) mass is 494 g/mol. The number of hydrogen-bond acceptors (Lipinski definition) is 5. The molecular weight excluding hydrogens is 463 g/mol. The Labute approximate surface area is 177 Å². The van der Waals surface area contributed by atoms with Gasteiger partial charge in [0.05, 0.1) is 24.3 Å². The molecule has 2 heterocycles. The minimum absolute atomic E-state index is 0. The van der Waals surface area contributed by atoms with Crippen molar-refractivity contribution >= 4 is 46.3 Å². The number of nitrogens with one attached hydrogen (secondary N) is 1. The third-order valence-electron chi connectivity index (χ3n) is 4.54. The predicted octanol–water partition coefficient (Wildman–Crippen LogP) is 2.24. The van der Waals surface area contributed by atoms with Crippen molar-refractivity contribution in [3.63, 3.8) is 0 Å². The first-order chi connectivity index (χ1) is 12.3. The second-order valence-corrected chi connectivity index (χ2v) is 7.68. The zero-order valence-electron chi connectivity index (χ0n) is 15.5. The van der Waals surface area contributed by atoms with E-state index in [1.165, 1.54) is 17.8 Å². The molecule has 1 aliphatic heterocycles. The molecule has 0 radical (unpaired) electrons. The Morgan fingerprint density at radius 3 is 2.77 bits per heavy atom. The van der Waals surface area contributed by atoms with Crippen molar-refractivity contribution < 1.29 is 9.84 Å². The van der Waals surface area contributed by atoms with Gasteiger partial charge in [-0.25, -0.2) is 0 Å². The molecule has 26 heavy (non-hydrogen) atoms. The molecule has 1 aromatic rings. The number of aliphatic hydroxyl groups excluding tert-OH is 1. The number of guanidine groups is 1. The maximum Gasteiger partial charge on any atom is 0.194 e. The lowest BCUT2D eigenvalue weighted by Crippen LogP contribution is -2.52. The van der Waals surface area contributed by atoms with E-state index in [4.69, 9.17) is 4.74 Å². The summed E-state index contributed by atoms with van der Waals surface area (Å²) in [5, 5.41) is 16.9. The molecule has 1 aliphatic carbocycles. The van der Waals surface area contributed by atoms with Gasteiger partial charge in [-0.2, -0.15) is 0 Å². The second-order valence-electron chi connectivity index (χ2n) is 6.75. The van der Waals surface area contributed by atoms with Gasteiger partial charge >= 0.3 is 0 Å². The number of thiophene rings is 1. The predicted molar refractivity (Wildman–Crippen MR) is 119 cm³/mol. The van der Waals surface area contributed by atoms with Gasteiger partial charge in [0.1, 0.15) is 0 Å².